The fourth-order valence-electron chi connectivity index (χ4n) is 1.81. The molecule has 2 aromatic rings. The van der Waals surface area contributed by atoms with E-state index >= 15 is 0 Å². The first-order valence-corrected chi connectivity index (χ1v) is 6.40. The highest BCUT2D eigenvalue weighted by atomic mass is 32.1. The molecular formula is C15H14FNO2S. The molecule has 0 saturated carbocycles. The Morgan fingerprint density at radius 2 is 2.00 bits per heavy atom. The van der Waals surface area contributed by atoms with Gasteiger partial charge < -0.3 is 10.1 Å². The summed E-state index contributed by atoms with van der Waals surface area (Å²) in [4.78, 5) is 12.2. The van der Waals surface area contributed by atoms with E-state index in [-0.39, 0.29) is 10.8 Å². The maximum Gasteiger partial charge on any atom is 0.255 e. The molecular weight excluding hydrogens is 277 g/mol. The van der Waals surface area contributed by atoms with E-state index in [1.807, 2.05) is 13.0 Å². The van der Waals surface area contributed by atoms with E-state index in [1.54, 1.807) is 19.2 Å². The van der Waals surface area contributed by atoms with Gasteiger partial charge in [-0.3, -0.25) is 4.79 Å². The van der Waals surface area contributed by atoms with Gasteiger partial charge >= 0.3 is 0 Å². The van der Waals surface area contributed by atoms with Gasteiger partial charge in [0.25, 0.3) is 5.91 Å². The quantitative estimate of drug-likeness (QED) is 0.847. The lowest BCUT2D eigenvalue weighted by Crippen LogP contribution is -2.12. The zero-order valence-electron chi connectivity index (χ0n) is 11.1. The summed E-state index contributed by atoms with van der Waals surface area (Å²) in [5.41, 5.74) is 1.92. The van der Waals surface area contributed by atoms with Crippen molar-refractivity contribution in [2.75, 3.05) is 12.4 Å². The molecule has 1 N–H and O–H groups in total. The molecule has 0 heterocycles. The van der Waals surface area contributed by atoms with Gasteiger partial charge in [0.2, 0.25) is 0 Å². The van der Waals surface area contributed by atoms with Gasteiger partial charge in [-0.15, -0.1) is 12.6 Å². The Balaban J connectivity index is 2.19. The first-order chi connectivity index (χ1) is 9.51. The molecule has 0 aromatic heterocycles. The molecule has 0 radical (unpaired) electrons. The Kier molecular flexibility index (Phi) is 4.29. The number of hydrogen-bond acceptors (Lipinski definition) is 3. The van der Waals surface area contributed by atoms with Crippen molar-refractivity contribution in [3.05, 3.63) is 53.3 Å². The first kappa shape index (κ1) is 14.4. The second-order valence-electron chi connectivity index (χ2n) is 4.30. The van der Waals surface area contributed by atoms with Crippen LogP contribution in [0.2, 0.25) is 0 Å². The minimum Gasteiger partial charge on any atom is -0.496 e. The summed E-state index contributed by atoms with van der Waals surface area (Å²) in [6.45, 7) is 1.89. The van der Waals surface area contributed by atoms with Crippen molar-refractivity contribution < 1.29 is 13.9 Å². The molecule has 2 aromatic carbocycles. The monoisotopic (exact) mass is 291 g/mol. The van der Waals surface area contributed by atoms with Crippen molar-refractivity contribution in [3.63, 3.8) is 0 Å². The number of anilines is 1. The lowest BCUT2D eigenvalue weighted by atomic mass is 10.1. The number of benzene rings is 2. The number of hydrogen-bond donors (Lipinski definition) is 2. The molecule has 0 atom stereocenters. The predicted octanol–water partition coefficient (Wildman–Crippen LogP) is 3.68. The number of nitrogens with one attached hydrogen (secondary N) is 1. The van der Waals surface area contributed by atoms with Crippen LogP contribution < -0.4 is 10.1 Å². The van der Waals surface area contributed by atoms with Crippen molar-refractivity contribution >= 4 is 24.2 Å². The topological polar surface area (TPSA) is 38.3 Å². The number of carbonyl (C=O) groups is 1. The Morgan fingerprint density at radius 3 is 2.60 bits per heavy atom. The molecule has 0 aliphatic carbocycles. The van der Waals surface area contributed by atoms with E-state index in [0.29, 0.717) is 11.3 Å². The van der Waals surface area contributed by atoms with E-state index in [4.69, 9.17) is 4.74 Å². The minimum atomic E-state index is -0.454. The molecule has 0 aliphatic heterocycles. The van der Waals surface area contributed by atoms with Gasteiger partial charge in [-0.1, -0.05) is 0 Å². The number of ether oxygens (including phenoxy) is 1. The Morgan fingerprint density at radius 1 is 1.25 bits per heavy atom. The molecule has 104 valence electrons. The number of aryl methyl sites for hydroxylation is 1. The van der Waals surface area contributed by atoms with Gasteiger partial charge in [-0.05, 0) is 48.9 Å². The summed E-state index contributed by atoms with van der Waals surface area (Å²) in [5.74, 6) is -0.0162. The normalized spacial score (nSPS) is 10.2. The molecule has 0 spiro atoms. The first-order valence-electron chi connectivity index (χ1n) is 5.96. The summed E-state index contributed by atoms with van der Waals surface area (Å²) in [6.07, 6.45) is 0. The maximum absolute atomic E-state index is 13.1. The number of methoxy groups -OCH3 is 1. The summed E-state index contributed by atoms with van der Waals surface area (Å²) in [7, 11) is 1.59. The van der Waals surface area contributed by atoms with Crippen LogP contribution in [0.4, 0.5) is 10.1 Å². The molecule has 3 nitrogen and oxygen atoms in total. The number of amides is 1. The van der Waals surface area contributed by atoms with Crippen LogP contribution in [0.15, 0.2) is 41.3 Å². The van der Waals surface area contributed by atoms with Gasteiger partial charge in [0, 0.05) is 16.1 Å². The van der Waals surface area contributed by atoms with Gasteiger partial charge in [0.05, 0.1) is 7.11 Å². The molecule has 2 rings (SSSR count). The summed E-state index contributed by atoms with van der Waals surface area (Å²) in [6, 6.07) is 9.36. The third kappa shape index (κ3) is 3.11. The van der Waals surface area contributed by atoms with Crippen LogP contribution in [-0.4, -0.2) is 13.0 Å². The molecule has 0 aliphatic rings. The zero-order valence-corrected chi connectivity index (χ0v) is 12.0. The molecule has 0 unspecified atom stereocenters. The lowest BCUT2D eigenvalue weighted by Gasteiger charge is -2.09. The van der Waals surface area contributed by atoms with Gasteiger partial charge in [0.15, 0.2) is 0 Å². The highest BCUT2D eigenvalue weighted by Crippen LogP contribution is 2.22. The Labute approximate surface area is 122 Å². The van der Waals surface area contributed by atoms with Crippen LogP contribution in [-0.2, 0) is 0 Å². The minimum absolute atomic E-state index is 0.142. The van der Waals surface area contributed by atoms with Crippen LogP contribution in [0.3, 0.4) is 0 Å². The summed E-state index contributed by atoms with van der Waals surface area (Å²) >= 11 is 3.96. The fraction of sp³-hybridized carbons (Fsp3) is 0.133. The van der Waals surface area contributed by atoms with Crippen LogP contribution in [0, 0.1) is 12.7 Å². The number of thiol groups is 1. The van der Waals surface area contributed by atoms with E-state index < -0.39 is 5.82 Å². The van der Waals surface area contributed by atoms with Crippen molar-refractivity contribution in [2.24, 2.45) is 0 Å². The molecule has 20 heavy (non-hydrogen) atoms. The van der Waals surface area contributed by atoms with Gasteiger partial charge in [-0.25, -0.2) is 4.39 Å². The molecule has 0 fully saturated rings. The van der Waals surface area contributed by atoms with Gasteiger partial charge in [0.1, 0.15) is 11.6 Å². The average Bonchev–Trinajstić information content (AvgIpc) is 2.42. The third-order valence-corrected chi connectivity index (χ3v) is 3.20. The van der Waals surface area contributed by atoms with E-state index in [9.17, 15) is 9.18 Å². The van der Waals surface area contributed by atoms with Crippen molar-refractivity contribution in [2.45, 2.75) is 11.8 Å². The Hall–Kier alpha value is -2.01. The predicted molar refractivity (Wildman–Crippen MR) is 79.3 cm³/mol. The van der Waals surface area contributed by atoms with Crippen LogP contribution >= 0.6 is 12.6 Å². The summed E-state index contributed by atoms with van der Waals surface area (Å²) in [5, 5.41) is 2.75. The van der Waals surface area contributed by atoms with Crippen molar-refractivity contribution in [1.82, 2.24) is 0 Å². The van der Waals surface area contributed by atoms with Crippen molar-refractivity contribution in [1.29, 1.82) is 0 Å². The lowest BCUT2D eigenvalue weighted by molar-refractivity contribution is 0.102. The van der Waals surface area contributed by atoms with E-state index in [1.165, 1.54) is 18.2 Å². The number of halogens is 1. The summed E-state index contributed by atoms with van der Waals surface area (Å²) < 4.78 is 18.3. The second-order valence-corrected chi connectivity index (χ2v) is 4.79. The maximum atomic E-state index is 13.1. The molecule has 1 amide bonds. The fourth-order valence-corrected chi connectivity index (χ4v) is 2.03. The van der Waals surface area contributed by atoms with Crippen LogP contribution in [0.25, 0.3) is 0 Å². The zero-order chi connectivity index (χ0) is 14.7. The highest BCUT2D eigenvalue weighted by molar-refractivity contribution is 7.80. The van der Waals surface area contributed by atoms with Crippen LogP contribution in [0.5, 0.6) is 5.75 Å². The largest absolute Gasteiger partial charge is 0.496 e. The molecule has 0 bridgehead atoms. The third-order valence-electron chi connectivity index (χ3n) is 2.86. The second kappa shape index (κ2) is 5.96. The highest BCUT2D eigenvalue weighted by Gasteiger charge is 2.09. The standard InChI is InChI=1S/C15H14FNO2S/c1-9-7-11(4-6-13(9)19-2)17-15(18)10-3-5-12(16)14(20)8-10/h3-8,20H,1-2H3,(H,17,18). The number of carbonyl (C=O) groups excluding carboxylic acids is 1. The SMILES string of the molecule is COc1ccc(NC(=O)c2ccc(F)c(S)c2)cc1C. The van der Waals surface area contributed by atoms with E-state index in [2.05, 4.69) is 17.9 Å². The van der Waals surface area contributed by atoms with Crippen molar-refractivity contribution in [3.8, 4) is 5.75 Å². The smallest absolute Gasteiger partial charge is 0.255 e. The van der Waals surface area contributed by atoms with E-state index in [0.717, 1.165) is 11.3 Å². The van der Waals surface area contributed by atoms with Gasteiger partial charge in [-0.2, -0.15) is 0 Å². The average molecular weight is 291 g/mol. The molecule has 5 heteroatoms. The van der Waals surface area contributed by atoms with Crippen LogP contribution in [0.1, 0.15) is 15.9 Å². The number of rotatable bonds is 3. The molecule has 0 saturated heterocycles. The Bertz CT molecular complexity index is 658.